The van der Waals surface area contributed by atoms with Crippen molar-refractivity contribution in [3.63, 3.8) is 0 Å². The van der Waals surface area contributed by atoms with Crippen LogP contribution in [0.4, 0.5) is 11.4 Å². The predicted octanol–water partition coefficient (Wildman–Crippen LogP) is 1.36. The first-order chi connectivity index (χ1) is 7.06. The molecule has 15 heavy (non-hydrogen) atoms. The maximum Gasteiger partial charge on any atom is 0.296 e. The fourth-order valence-electron chi connectivity index (χ4n) is 1.03. The number of nitro groups is 1. The lowest BCUT2D eigenvalue weighted by molar-refractivity contribution is -0.384. The third-order valence-electron chi connectivity index (χ3n) is 1.69. The first-order valence-electron chi connectivity index (χ1n) is 4.08. The van der Waals surface area contributed by atoms with Gasteiger partial charge in [0.05, 0.1) is 22.6 Å². The molecule has 0 amide bonds. The zero-order chi connectivity index (χ0) is 11.4. The van der Waals surface area contributed by atoms with Crippen LogP contribution in [0.3, 0.4) is 0 Å². The van der Waals surface area contributed by atoms with Gasteiger partial charge in [-0.1, -0.05) is 11.6 Å². The van der Waals surface area contributed by atoms with Crippen LogP contribution in [-0.4, -0.2) is 28.3 Å². The molecule has 3 N–H and O–H groups in total. The maximum absolute atomic E-state index is 10.6. The van der Waals surface area contributed by atoms with E-state index in [1.54, 1.807) is 0 Å². The molecule has 0 bridgehead atoms. The molecule has 0 aliphatic carbocycles. The molecule has 6 nitrogen and oxygen atoms in total. The second-order valence-corrected chi connectivity index (χ2v) is 3.14. The van der Waals surface area contributed by atoms with Crippen molar-refractivity contribution in [1.82, 2.24) is 0 Å². The number of hydrogen-bond donors (Lipinski definition) is 3. The zero-order valence-electron chi connectivity index (χ0n) is 7.61. The molecule has 0 fully saturated rings. The molecular weight excluding hydrogens is 224 g/mol. The lowest BCUT2D eigenvalue weighted by Crippen LogP contribution is -2.07. The number of nitrogens with one attached hydrogen (secondary N) is 1. The number of aliphatic hydroxyl groups excluding tert-OH is 1. The van der Waals surface area contributed by atoms with Gasteiger partial charge in [0.2, 0.25) is 0 Å². The van der Waals surface area contributed by atoms with Crippen LogP contribution >= 0.6 is 11.6 Å². The Morgan fingerprint density at radius 3 is 2.73 bits per heavy atom. The van der Waals surface area contributed by atoms with Gasteiger partial charge < -0.3 is 15.5 Å². The highest BCUT2D eigenvalue weighted by Crippen LogP contribution is 2.34. The predicted molar refractivity (Wildman–Crippen MR) is 55.3 cm³/mol. The molecule has 1 aromatic carbocycles. The summed E-state index contributed by atoms with van der Waals surface area (Å²) >= 11 is 5.59. The normalized spacial score (nSPS) is 10.0. The number of nitrogens with zero attached hydrogens (tertiary/aromatic N) is 1. The van der Waals surface area contributed by atoms with Crippen LogP contribution in [0.25, 0.3) is 0 Å². The molecule has 0 atom stereocenters. The van der Waals surface area contributed by atoms with Gasteiger partial charge in [-0.05, 0) is 6.07 Å². The number of hydrogen-bond acceptors (Lipinski definition) is 5. The summed E-state index contributed by atoms with van der Waals surface area (Å²) < 4.78 is 0. The quantitative estimate of drug-likeness (QED) is 0.414. The number of phenols is 1. The van der Waals surface area contributed by atoms with E-state index < -0.39 is 4.92 Å². The first-order valence-corrected chi connectivity index (χ1v) is 4.45. The van der Waals surface area contributed by atoms with Crippen molar-refractivity contribution in [3.05, 3.63) is 27.3 Å². The number of halogens is 1. The van der Waals surface area contributed by atoms with Crippen molar-refractivity contribution in [3.8, 4) is 5.75 Å². The lowest BCUT2D eigenvalue weighted by Gasteiger charge is -2.06. The lowest BCUT2D eigenvalue weighted by atomic mass is 10.2. The fraction of sp³-hybridized carbons (Fsp3) is 0.250. The Morgan fingerprint density at radius 2 is 2.20 bits per heavy atom. The summed E-state index contributed by atoms with van der Waals surface area (Å²) in [6, 6.07) is 2.20. The Balaban J connectivity index is 3.10. The monoisotopic (exact) mass is 232 g/mol. The van der Waals surface area contributed by atoms with E-state index >= 15 is 0 Å². The van der Waals surface area contributed by atoms with E-state index in [9.17, 15) is 15.2 Å². The van der Waals surface area contributed by atoms with Crippen molar-refractivity contribution in [2.45, 2.75) is 0 Å². The molecule has 0 radical (unpaired) electrons. The summed E-state index contributed by atoms with van der Waals surface area (Å²) in [5, 5.41) is 31.0. The number of benzene rings is 1. The van der Waals surface area contributed by atoms with Crippen LogP contribution in [0.1, 0.15) is 0 Å². The molecule has 0 spiro atoms. The van der Waals surface area contributed by atoms with Crippen molar-refractivity contribution in [2.75, 3.05) is 18.5 Å². The minimum absolute atomic E-state index is 0.0149. The maximum atomic E-state index is 10.6. The second-order valence-electron chi connectivity index (χ2n) is 2.73. The zero-order valence-corrected chi connectivity index (χ0v) is 8.36. The van der Waals surface area contributed by atoms with Gasteiger partial charge >= 0.3 is 0 Å². The SMILES string of the molecule is O=[N+]([O-])c1cc(O)c(Cl)cc1NCCO. The molecule has 1 aromatic rings. The van der Waals surface area contributed by atoms with E-state index in [1.165, 1.54) is 6.07 Å². The Bertz CT molecular complexity index is 383. The molecule has 82 valence electrons. The highest BCUT2D eigenvalue weighted by atomic mass is 35.5. The molecular formula is C8H9ClN2O4. The summed E-state index contributed by atoms with van der Waals surface area (Å²) in [4.78, 5) is 9.95. The molecule has 0 heterocycles. The third-order valence-corrected chi connectivity index (χ3v) is 1.99. The average Bonchev–Trinajstić information content (AvgIpc) is 2.19. The van der Waals surface area contributed by atoms with Crippen LogP contribution in [0.2, 0.25) is 5.02 Å². The topological polar surface area (TPSA) is 95.6 Å². The van der Waals surface area contributed by atoms with Crippen LogP contribution in [0.5, 0.6) is 5.75 Å². The number of anilines is 1. The second kappa shape index (κ2) is 4.81. The Labute approximate surface area is 90.3 Å². The molecule has 0 aliphatic heterocycles. The van der Waals surface area contributed by atoms with E-state index in [0.29, 0.717) is 0 Å². The molecule has 0 saturated carbocycles. The van der Waals surface area contributed by atoms with Gasteiger partial charge in [-0.2, -0.15) is 0 Å². The van der Waals surface area contributed by atoms with Gasteiger partial charge in [0.15, 0.2) is 0 Å². The minimum Gasteiger partial charge on any atom is -0.506 e. The smallest absolute Gasteiger partial charge is 0.296 e. The fourth-order valence-corrected chi connectivity index (χ4v) is 1.20. The number of rotatable bonds is 4. The van der Waals surface area contributed by atoms with Gasteiger partial charge in [0, 0.05) is 6.54 Å². The van der Waals surface area contributed by atoms with E-state index in [2.05, 4.69) is 5.32 Å². The highest BCUT2D eigenvalue weighted by molar-refractivity contribution is 6.32. The molecule has 0 aromatic heterocycles. The minimum atomic E-state index is -0.643. The van der Waals surface area contributed by atoms with Crippen LogP contribution in [-0.2, 0) is 0 Å². The molecule has 0 saturated heterocycles. The van der Waals surface area contributed by atoms with Gasteiger partial charge in [-0.25, -0.2) is 0 Å². The van der Waals surface area contributed by atoms with E-state index in [-0.39, 0.29) is 35.3 Å². The summed E-state index contributed by atoms with van der Waals surface area (Å²) in [7, 11) is 0. The van der Waals surface area contributed by atoms with Gasteiger partial charge in [-0.15, -0.1) is 0 Å². The Hall–Kier alpha value is -1.53. The average molecular weight is 233 g/mol. The number of aromatic hydroxyl groups is 1. The Morgan fingerprint density at radius 1 is 1.53 bits per heavy atom. The number of aliphatic hydroxyl groups is 1. The van der Waals surface area contributed by atoms with Gasteiger partial charge in [0.1, 0.15) is 11.4 Å². The number of phenolic OH excluding ortho intramolecular Hbond substituents is 1. The van der Waals surface area contributed by atoms with E-state index in [0.717, 1.165) is 6.07 Å². The largest absolute Gasteiger partial charge is 0.506 e. The summed E-state index contributed by atoms with van der Waals surface area (Å²) in [6.07, 6.45) is 0. The molecule has 7 heteroatoms. The molecule has 0 aliphatic rings. The van der Waals surface area contributed by atoms with Crippen LogP contribution < -0.4 is 5.32 Å². The summed E-state index contributed by atoms with van der Waals surface area (Å²) in [5.74, 6) is -0.349. The summed E-state index contributed by atoms with van der Waals surface area (Å²) in [5.41, 5.74) is -0.123. The molecule has 1 rings (SSSR count). The van der Waals surface area contributed by atoms with Crippen molar-refractivity contribution >= 4 is 23.0 Å². The highest BCUT2D eigenvalue weighted by Gasteiger charge is 2.16. The third kappa shape index (κ3) is 2.71. The van der Waals surface area contributed by atoms with E-state index in [4.69, 9.17) is 16.7 Å². The molecule has 0 unspecified atom stereocenters. The van der Waals surface area contributed by atoms with Gasteiger partial charge in [-0.3, -0.25) is 10.1 Å². The first kappa shape index (κ1) is 11.5. The standard InChI is InChI=1S/C8H9ClN2O4/c9-5-3-6(10-1-2-12)7(11(14)15)4-8(5)13/h3-4,10,12-13H,1-2H2. The Kier molecular flexibility index (Phi) is 3.70. The summed E-state index contributed by atoms with van der Waals surface area (Å²) in [6.45, 7) is 0.0115. The van der Waals surface area contributed by atoms with Crippen LogP contribution in [0.15, 0.2) is 12.1 Å². The van der Waals surface area contributed by atoms with E-state index in [1.807, 2.05) is 0 Å². The van der Waals surface area contributed by atoms with Gasteiger partial charge in [0.25, 0.3) is 5.69 Å². The van der Waals surface area contributed by atoms with Crippen molar-refractivity contribution in [2.24, 2.45) is 0 Å². The van der Waals surface area contributed by atoms with Crippen molar-refractivity contribution in [1.29, 1.82) is 0 Å². The number of nitro benzene ring substituents is 1. The van der Waals surface area contributed by atoms with Crippen molar-refractivity contribution < 1.29 is 15.1 Å². The van der Waals surface area contributed by atoms with Crippen LogP contribution in [0, 0.1) is 10.1 Å².